The second-order valence-corrected chi connectivity index (χ2v) is 9.63. The second-order valence-electron chi connectivity index (χ2n) is 6.49. The zero-order chi connectivity index (χ0) is 23.3. The number of ether oxygens (including phenoxy) is 8. The van der Waals surface area contributed by atoms with Crippen LogP contribution in [0.25, 0.3) is 0 Å². The molecular formula is C21H29BrMgO9Si. The van der Waals surface area contributed by atoms with Crippen molar-refractivity contribution in [3.05, 3.63) is 12.1 Å². The molecule has 0 atom stereocenters. The molecule has 2 rings (SSSR count). The van der Waals surface area contributed by atoms with E-state index in [0.717, 1.165) is 0 Å². The fraction of sp³-hybridized carbons (Fsp3) is 0.429. The quantitative estimate of drug-likeness (QED) is 0.292. The van der Waals surface area contributed by atoms with Crippen molar-refractivity contribution in [2.24, 2.45) is 0 Å². The second kappa shape index (κ2) is 13.2. The minimum absolute atomic E-state index is 0. The van der Waals surface area contributed by atoms with Gasteiger partial charge in [-0.2, -0.15) is 0 Å². The molecule has 180 valence electrons. The number of methoxy groups -OCH3 is 8. The van der Waals surface area contributed by atoms with E-state index >= 15 is 0 Å². The van der Waals surface area contributed by atoms with E-state index in [-0.39, 0.29) is 63.0 Å². The molecule has 33 heavy (non-hydrogen) atoms. The van der Waals surface area contributed by atoms with E-state index in [1.54, 1.807) is 18.7 Å². The molecule has 0 unspecified atom stereocenters. The Morgan fingerprint density at radius 2 is 0.788 bits per heavy atom. The van der Waals surface area contributed by atoms with Gasteiger partial charge in [0, 0.05) is 8.32 Å². The van der Waals surface area contributed by atoms with Crippen molar-refractivity contribution in [3.63, 3.8) is 0 Å². The zero-order valence-electron chi connectivity index (χ0n) is 20.4. The van der Waals surface area contributed by atoms with Crippen molar-refractivity contribution >= 4 is 41.7 Å². The van der Waals surface area contributed by atoms with Gasteiger partial charge in [0.2, 0.25) is 23.0 Å². The molecule has 0 radical (unpaired) electrons. The first-order chi connectivity index (χ1) is 14.8. The Labute approximate surface area is 222 Å². The summed E-state index contributed by atoms with van der Waals surface area (Å²) in [4.78, 5) is 14.4. The molecule has 0 spiro atoms. The van der Waals surface area contributed by atoms with Crippen LogP contribution in [0.2, 0.25) is 6.55 Å². The van der Waals surface area contributed by atoms with Crippen LogP contribution in [0.4, 0.5) is 0 Å². The summed E-state index contributed by atoms with van der Waals surface area (Å²) in [6.07, 6.45) is 0. The smallest absolute Gasteiger partial charge is 1.00 e. The van der Waals surface area contributed by atoms with Gasteiger partial charge in [0.05, 0.1) is 56.9 Å². The number of hydrogen-bond acceptors (Lipinski definition) is 9. The molecule has 0 amide bonds. The topological polar surface area (TPSA) is 96.9 Å². The third-order valence-electron chi connectivity index (χ3n) is 5.01. The average molecular weight is 558 g/mol. The largest absolute Gasteiger partial charge is 2.00 e. The molecule has 2 aromatic rings. The van der Waals surface area contributed by atoms with Crippen LogP contribution in [0.5, 0.6) is 46.0 Å². The first-order valence-electron chi connectivity index (χ1n) is 9.26. The van der Waals surface area contributed by atoms with Gasteiger partial charge < -0.3 is 59.7 Å². The summed E-state index contributed by atoms with van der Waals surface area (Å²) in [6, 6.07) is 3.23. The van der Waals surface area contributed by atoms with Crippen molar-refractivity contribution in [2.45, 2.75) is 6.55 Å². The van der Waals surface area contributed by atoms with Crippen LogP contribution in [-0.2, 0) is 0 Å². The normalized spacial score (nSPS) is 10.2. The predicted molar refractivity (Wildman–Crippen MR) is 122 cm³/mol. The summed E-state index contributed by atoms with van der Waals surface area (Å²) in [5, 5.41) is 0.745. The van der Waals surface area contributed by atoms with Gasteiger partial charge in [-0.25, -0.2) is 0 Å². The van der Waals surface area contributed by atoms with E-state index in [9.17, 15) is 4.80 Å². The molecule has 0 fully saturated rings. The standard InChI is InChI=1S/C21H29O9Si.BrH.Mg/c1-23-12-10-14(18(27-5)20(29-7)16(12)25-3)31(9,22)15-11-13(24-2)17(26-4)21(30-8)19(15)28-6;;/h10-11H,1-9H3;1H;/q-1;;+2/p-1. The van der Waals surface area contributed by atoms with E-state index in [0.29, 0.717) is 33.4 Å². The maximum atomic E-state index is 14.4. The summed E-state index contributed by atoms with van der Waals surface area (Å²) in [5.74, 6) is 2.40. The van der Waals surface area contributed by atoms with Gasteiger partial charge in [0.15, 0.2) is 23.0 Å². The predicted octanol–water partition coefficient (Wildman–Crippen LogP) is -2.57. The van der Waals surface area contributed by atoms with Crippen LogP contribution in [0, 0.1) is 0 Å². The Bertz CT molecular complexity index is 867. The first kappa shape index (κ1) is 31.3. The zero-order valence-corrected chi connectivity index (χ0v) is 24.4. The summed E-state index contributed by atoms with van der Waals surface area (Å²) in [5.41, 5.74) is 0. The molecule has 0 N–H and O–H groups in total. The van der Waals surface area contributed by atoms with Crippen LogP contribution in [0.3, 0.4) is 0 Å². The van der Waals surface area contributed by atoms with Crippen LogP contribution < -0.4 is 70.0 Å². The van der Waals surface area contributed by atoms with E-state index in [4.69, 9.17) is 37.9 Å². The Morgan fingerprint density at radius 3 is 1.00 bits per heavy atom. The number of halogens is 1. The maximum absolute atomic E-state index is 14.4. The van der Waals surface area contributed by atoms with Crippen LogP contribution in [0.15, 0.2) is 12.1 Å². The van der Waals surface area contributed by atoms with Gasteiger partial charge in [-0.3, -0.25) is 0 Å². The Morgan fingerprint density at radius 1 is 0.515 bits per heavy atom. The Balaban J connectivity index is 0.00000512. The molecule has 0 aliphatic rings. The van der Waals surface area contributed by atoms with E-state index in [1.807, 2.05) is 0 Å². The summed E-state index contributed by atoms with van der Waals surface area (Å²) in [6.45, 7) is 1.61. The minimum Gasteiger partial charge on any atom is -1.00 e. The number of rotatable bonds is 10. The van der Waals surface area contributed by atoms with Crippen molar-refractivity contribution in [1.29, 1.82) is 0 Å². The molecular weight excluding hydrogens is 529 g/mol. The van der Waals surface area contributed by atoms with Gasteiger partial charge in [-0.1, -0.05) is 6.55 Å². The van der Waals surface area contributed by atoms with Gasteiger partial charge >= 0.3 is 23.1 Å². The average Bonchev–Trinajstić information content (AvgIpc) is 2.80. The summed E-state index contributed by atoms with van der Waals surface area (Å²) >= 11 is 0. The van der Waals surface area contributed by atoms with Crippen molar-refractivity contribution in [3.8, 4) is 46.0 Å². The molecule has 0 bridgehead atoms. The fourth-order valence-electron chi connectivity index (χ4n) is 3.52. The maximum Gasteiger partial charge on any atom is 2.00 e. The number of hydrogen-bond donors (Lipinski definition) is 0. The monoisotopic (exact) mass is 556 g/mol. The Hall–Kier alpha value is -1.74. The molecule has 9 nitrogen and oxygen atoms in total. The van der Waals surface area contributed by atoms with Gasteiger partial charge in [0.1, 0.15) is 0 Å². The molecule has 0 saturated carbocycles. The first-order valence-corrected chi connectivity index (χ1v) is 11.7. The summed E-state index contributed by atoms with van der Waals surface area (Å²) in [7, 11) is 8.01. The third-order valence-corrected chi connectivity index (χ3v) is 7.80. The van der Waals surface area contributed by atoms with Crippen LogP contribution in [-0.4, -0.2) is 88.2 Å². The Kier molecular flexibility index (Phi) is 12.5. The SMILES string of the molecule is COc1cc([Si](C)([O-])c2cc(OC)c(OC)c(OC)c2OC)c(OC)c(OC)c1OC.[Br-].[Mg+2]. The molecule has 0 aliphatic heterocycles. The van der Waals surface area contributed by atoms with E-state index < -0.39 is 8.32 Å². The molecule has 12 heteroatoms. The van der Waals surface area contributed by atoms with Crippen molar-refractivity contribution < 1.29 is 59.7 Å². The van der Waals surface area contributed by atoms with Crippen LogP contribution >= 0.6 is 0 Å². The molecule has 0 heterocycles. The van der Waals surface area contributed by atoms with Crippen molar-refractivity contribution in [1.82, 2.24) is 0 Å². The molecule has 0 aliphatic carbocycles. The third kappa shape index (κ3) is 5.51. The van der Waals surface area contributed by atoms with Gasteiger partial charge in [-0.05, 0) is 22.5 Å². The van der Waals surface area contributed by atoms with Gasteiger partial charge in [-0.15, -0.1) is 0 Å². The van der Waals surface area contributed by atoms with Crippen LogP contribution in [0.1, 0.15) is 0 Å². The molecule has 0 aromatic heterocycles. The summed E-state index contributed by atoms with van der Waals surface area (Å²) < 4.78 is 44.0. The number of benzene rings is 2. The van der Waals surface area contributed by atoms with E-state index in [2.05, 4.69) is 0 Å². The van der Waals surface area contributed by atoms with E-state index in [1.165, 1.54) is 56.9 Å². The van der Waals surface area contributed by atoms with Gasteiger partial charge in [0.25, 0.3) is 0 Å². The molecule has 0 saturated heterocycles. The van der Waals surface area contributed by atoms with Crippen molar-refractivity contribution in [2.75, 3.05) is 56.9 Å². The minimum atomic E-state index is -3.78. The fourth-order valence-corrected chi connectivity index (χ4v) is 5.92. The molecule has 2 aromatic carbocycles.